The number of urea groups is 1. The fourth-order valence-corrected chi connectivity index (χ4v) is 4.18. The van der Waals surface area contributed by atoms with Crippen LogP contribution in [0.5, 0.6) is 0 Å². The highest BCUT2D eigenvalue weighted by molar-refractivity contribution is 5.88. The van der Waals surface area contributed by atoms with Crippen molar-refractivity contribution in [1.82, 2.24) is 19.4 Å². The second-order valence-electron chi connectivity index (χ2n) is 8.52. The minimum atomic E-state index is -0.439. The summed E-state index contributed by atoms with van der Waals surface area (Å²) in [6.45, 7) is 4.09. The first-order valence-corrected chi connectivity index (χ1v) is 11.0. The first kappa shape index (κ1) is 21.5. The van der Waals surface area contributed by atoms with Crippen LogP contribution < -0.4 is 22.5 Å². The molecule has 2 aromatic rings. The second-order valence-corrected chi connectivity index (χ2v) is 8.52. The van der Waals surface area contributed by atoms with Crippen molar-refractivity contribution in [2.45, 2.75) is 44.3 Å². The van der Waals surface area contributed by atoms with E-state index in [4.69, 9.17) is 11.5 Å². The van der Waals surface area contributed by atoms with Gasteiger partial charge in [-0.1, -0.05) is 12.1 Å². The number of carbonyl (C=O) groups is 1. The van der Waals surface area contributed by atoms with Crippen molar-refractivity contribution in [1.29, 1.82) is 0 Å². The largest absolute Gasteiger partial charge is 0.354 e. The van der Waals surface area contributed by atoms with Crippen LogP contribution in [-0.4, -0.2) is 63.6 Å². The molecule has 9 nitrogen and oxygen atoms in total. The van der Waals surface area contributed by atoms with Crippen molar-refractivity contribution in [2.75, 3.05) is 31.5 Å². The predicted octanol–water partition coefficient (Wildman–Crippen LogP) is 1.11. The van der Waals surface area contributed by atoms with Crippen molar-refractivity contribution in [2.24, 2.45) is 11.5 Å². The summed E-state index contributed by atoms with van der Waals surface area (Å²) >= 11 is 0. The van der Waals surface area contributed by atoms with Gasteiger partial charge in [-0.2, -0.15) is 4.98 Å². The maximum Gasteiger partial charge on any atom is 0.354 e. The maximum absolute atomic E-state index is 12.5. The van der Waals surface area contributed by atoms with Crippen LogP contribution in [0.15, 0.2) is 41.3 Å². The SMILES string of the molecule is NC1CCN(Cc2ccc(-n3ccc(NC(=O)N4CCC[C@H](N)C4)nc3=O)cc2)CC1. The molecule has 0 bridgehead atoms. The number of amides is 2. The van der Waals surface area contributed by atoms with Crippen LogP contribution in [0.1, 0.15) is 31.2 Å². The number of anilines is 1. The number of piperidine rings is 2. The number of hydrogen-bond donors (Lipinski definition) is 3. The molecule has 0 aliphatic carbocycles. The Labute approximate surface area is 182 Å². The smallest absolute Gasteiger partial charge is 0.328 e. The summed E-state index contributed by atoms with van der Waals surface area (Å²) in [6, 6.07) is 9.58. The zero-order valence-electron chi connectivity index (χ0n) is 17.7. The quantitative estimate of drug-likeness (QED) is 0.674. The lowest BCUT2D eigenvalue weighted by Crippen LogP contribution is -2.47. The van der Waals surface area contributed by atoms with E-state index in [0.717, 1.165) is 51.0 Å². The molecule has 5 N–H and O–H groups in total. The molecule has 4 rings (SSSR count). The summed E-state index contributed by atoms with van der Waals surface area (Å²) in [5.41, 5.74) is 13.4. The highest BCUT2D eigenvalue weighted by Crippen LogP contribution is 2.15. The number of likely N-dealkylation sites (tertiary alicyclic amines) is 2. The molecule has 1 aromatic heterocycles. The lowest BCUT2D eigenvalue weighted by Gasteiger charge is -2.30. The molecule has 3 heterocycles. The molecule has 31 heavy (non-hydrogen) atoms. The lowest BCUT2D eigenvalue weighted by atomic mass is 10.1. The Balaban J connectivity index is 1.38. The van der Waals surface area contributed by atoms with Gasteiger partial charge in [-0.05, 0) is 62.5 Å². The standard InChI is InChI=1S/C22H31N7O2/c23-17-7-11-27(12-8-17)14-16-3-5-19(6-4-16)29-13-9-20(26-22(29)31)25-21(30)28-10-1-2-18(24)15-28/h3-6,9,13,17-18H,1-2,7-8,10-12,14-15,23-24H2,(H,25,26,30,31)/t18-/m0/s1. The molecule has 2 saturated heterocycles. The third-order valence-corrected chi connectivity index (χ3v) is 6.04. The van der Waals surface area contributed by atoms with Crippen molar-refractivity contribution in [3.8, 4) is 5.69 Å². The van der Waals surface area contributed by atoms with Crippen LogP contribution in [-0.2, 0) is 6.54 Å². The number of carbonyl (C=O) groups excluding carboxylic acids is 1. The van der Waals surface area contributed by atoms with Crippen LogP contribution >= 0.6 is 0 Å². The summed E-state index contributed by atoms with van der Waals surface area (Å²) in [6.07, 6.45) is 5.50. The lowest BCUT2D eigenvalue weighted by molar-refractivity contribution is 0.193. The van der Waals surface area contributed by atoms with Gasteiger partial charge in [-0.3, -0.25) is 14.8 Å². The summed E-state index contributed by atoms with van der Waals surface area (Å²) in [7, 11) is 0. The van der Waals surface area contributed by atoms with E-state index in [0.29, 0.717) is 19.1 Å². The van der Waals surface area contributed by atoms with Gasteiger partial charge in [0.15, 0.2) is 0 Å². The predicted molar refractivity (Wildman–Crippen MR) is 120 cm³/mol. The highest BCUT2D eigenvalue weighted by Gasteiger charge is 2.21. The van der Waals surface area contributed by atoms with Gasteiger partial charge < -0.3 is 16.4 Å². The van der Waals surface area contributed by atoms with E-state index in [2.05, 4.69) is 15.2 Å². The molecule has 166 valence electrons. The summed E-state index contributed by atoms with van der Waals surface area (Å²) in [4.78, 5) is 33.0. The fourth-order valence-electron chi connectivity index (χ4n) is 4.18. The van der Waals surface area contributed by atoms with Gasteiger partial charge in [-0.25, -0.2) is 9.59 Å². The van der Waals surface area contributed by atoms with Gasteiger partial charge in [-0.15, -0.1) is 0 Å². The molecule has 0 spiro atoms. The van der Waals surface area contributed by atoms with E-state index in [1.165, 1.54) is 10.1 Å². The third-order valence-electron chi connectivity index (χ3n) is 6.04. The summed E-state index contributed by atoms with van der Waals surface area (Å²) in [5.74, 6) is 0.241. The molecular weight excluding hydrogens is 394 g/mol. The van der Waals surface area contributed by atoms with Crippen LogP contribution in [0.25, 0.3) is 5.69 Å². The first-order chi connectivity index (χ1) is 15.0. The molecule has 2 aliphatic heterocycles. The monoisotopic (exact) mass is 425 g/mol. The van der Waals surface area contributed by atoms with Gasteiger partial charge >= 0.3 is 11.7 Å². The van der Waals surface area contributed by atoms with Crippen LogP contribution in [0.3, 0.4) is 0 Å². The fraction of sp³-hybridized carbons (Fsp3) is 0.500. The van der Waals surface area contributed by atoms with E-state index in [-0.39, 0.29) is 17.9 Å². The van der Waals surface area contributed by atoms with Crippen molar-refractivity contribution >= 4 is 11.8 Å². The average molecular weight is 426 g/mol. The number of rotatable bonds is 4. The molecule has 2 fully saturated rings. The normalized spacial score (nSPS) is 20.6. The van der Waals surface area contributed by atoms with Crippen molar-refractivity contribution in [3.05, 3.63) is 52.6 Å². The van der Waals surface area contributed by atoms with Gasteiger partial charge in [0, 0.05) is 37.9 Å². The Hall–Kier alpha value is -2.75. The van der Waals surface area contributed by atoms with Gasteiger partial charge in [0.05, 0.1) is 5.69 Å². The number of aromatic nitrogens is 2. The molecule has 0 saturated carbocycles. The molecule has 1 atom stereocenters. The first-order valence-electron chi connectivity index (χ1n) is 11.0. The van der Waals surface area contributed by atoms with Gasteiger partial charge in [0.1, 0.15) is 5.82 Å². The molecule has 9 heteroatoms. The Morgan fingerprint density at radius 1 is 1.03 bits per heavy atom. The minimum absolute atomic E-state index is 0.00378. The summed E-state index contributed by atoms with van der Waals surface area (Å²) < 4.78 is 1.47. The van der Waals surface area contributed by atoms with E-state index in [1.54, 1.807) is 17.2 Å². The van der Waals surface area contributed by atoms with E-state index >= 15 is 0 Å². The topological polar surface area (TPSA) is 123 Å². The molecule has 1 aromatic carbocycles. The zero-order valence-corrected chi connectivity index (χ0v) is 17.7. The molecule has 2 amide bonds. The third kappa shape index (κ3) is 5.49. The molecule has 0 unspecified atom stereocenters. The van der Waals surface area contributed by atoms with Gasteiger partial charge in [0.25, 0.3) is 0 Å². The Bertz CT molecular complexity index is 951. The maximum atomic E-state index is 12.5. The van der Waals surface area contributed by atoms with Crippen LogP contribution in [0.4, 0.5) is 10.6 Å². The van der Waals surface area contributed by atoms with Crippen LogP contribution in [0.2, 0.25) is 0 Å². The Morgan fingerprint density at radius 2 is 1.77 bits per heavy atom. The molecule has 0 radical (unpaired) electrons. The van der Waals surface area contributed by atoms with E-state index in [1.807, 2.05) is 24.3 Å². The van der Waals surface area contributed by atoms with Gasteiger partial charge in [0.2, 0.25) is 0 Å². The van der Waals surface area contributed by atoms with Crippen molar-refractivity contribution < 1.29 is 4.79 Å². The summed E-state index contributed by atoms with van der Waals surface area (Å²) in [5, 5.41) is 2.70. The zero-order chi connectivity index (χ0) is 21.8. The molecule has 2 aliphatic rings. The van der Waals surface area contributed by atoms with Crippen molar-refractivity contribution in [3.63, 3.8) is 0 Å². The minimum Gasteiger partial charge on any atom is -0.328 e. The number of nitrogens with zero attached hydrogens (tertiary/aromatic N) is 4. The van der Waals surface area contributed by atoms with E-state index in [9.17, 15) is 9.59 Å². The number of nitrogens with one attached hydrogen (secondary N) is 1. The number of benzene rings is 1. The van der Waals surface area contributed by atoms with Crippen LogP contribution in [0, 0.1) is 0 Å². The average Bonchev–Trinajstić information content (AvgIpc) is 2.76. The second kappa shape index (κ2) is 9.59. The number of nitrogens with two attached hydrogens (primary N) is 2. The molecular formula is C22H31N7O2. The highest BCUT2D eigenvalue weighted by atomic mass is 16.2. The number of hydrogen-bond acceptors (Lipinski definition) is 6. The Morgan fingerprint density at radius 3 is 2.45 bits per heavy atom. The van der Waals surface area contributed by atoms with E-state index < -0.39 is 5.69 Å². The Kier molecular flexibility index (Phi) is 6.64.